The number of hydrogen-bond donors (Lipinski definition) is 2. The Hall–Kier alpha value is -1.59. The van der Waals surface area contributed by atoms with E-state index in [0.717, 1.165) is 5.56 Å². The fraction of sp³-hybridized carbons (Fsp3) is 0.200. The van der Waals surface area contributed by atoms with E-state index in [0.29, 0.717) is 5.02 Å². The number of carbonyl (C=O) groups excluding carboxylic acids is 2. The Bertz CT molecular complexity index is 392. The van der Waals surface area contributed by atoms with E-state index in [1.807, 2.05) is 0 Å². The van der Waals surface area contributed by atoms with Gasteiger partial charge in [0.25, 0.3) is 0 Å². The Morgan fingerprint density at radius 2 is 1.88 bits per heavy atom. The summed E-state index contributed by atoms with van der Waals surface area (Å²) in [6, 6.07) is 5.92. The summed E-state index contributed by atoms with van der Waals surface area (Å²) in [4.78, 5) is 21.5. The molecule has 0 fully saturated rings. The molecule has 0 aliphatic heterocycles. The first kappa shape index (κ1) is 12.5. The molecule has 86 valence electrons. The minimum atomic E-state index is -1.16. The largest absolute Gasteiger partial charge is 0.412 e. The maximum Gasteiger partial charge on any atom is 0.412 e. The van der Waals surface area contributed by atoms with Gasteiger partial charge in [0.05, 0.1) is 0 Å². The number of benzene rings is 1. The molecule has 0 unspecified atom stereocenters. The zero-order valence-electron chi connectivity index (χ0n) is 8.35. The molecule has 1 amide bonds. The van der Waals surface area contributed by atoms with Crippen molar-refractivity contribution in [3.63, 3.8) is 0 Å². The highest BCUT2D eigenvalue weighted by atomic mass is 35.5. The quantitative estimate of drug-likeness (QED) is 0.606. The van der Waals surface area contributed by atoms with Crippen molar-refractivity contribution in [1.82, 2.24) is 0 Å². The monoisotopic (exact) mass is 242 g/mol. The van der Waals surface area contributed by atoms with E-state index in [1.54, 1.807) is 24.3 Å². The molecule has 0 aliphatic carbocycles. The highest BCUT2D eigenvalue weighted by Gasteiger charge is 2.17. The first-order valence-electron chi connectivity index (χ1n) is 4.50. The first-order valence-corrected chi connectivity index (χ1v) is 4.88. The summed E-state index contributed by atoms with van der Waals surface area (Å²) in [5.41, 5.74) is 11.0. The number of ether oxygens (including phenoxy) is 1. The molecule has 1 atom stereocenters. The van der Waals surface area contributed by atoms with E-state index in [4.69, 9.17) is 17.3 Å². The minimum Gasteiger partial charge on any atom is -0.375 e. The van der Waals surface area contributed by atoms with Gasteiger partial charge >= 0.3 is 12.1 Å². The lowest BCUT2D eigenvalue weighted by Gasteiger charge is -2.09. The van der Waals surface area contributed by atoms with Crippen LogP contribution in [0.1, 0.15) is 5.56 Å². The van der Waals surface area contributed by atoms with Gasteiger partial charge in [-0.25, -0.2) is 9.59 Å². The van der Waals surface area contributed by atoms with Crippen LogP contribution in [-0.4, -0.2) is 18.1 Å². The molecule has 0 radical (unpaired) electrons. The summed E-state index contributed by atoms with van der Waals surface area (Å²) in [5, 5.41) is 0.594. The fourth-order valence-electron chi connectivity index (χ4n) is 1.13. The smallest absolute Gasteiger partial charge is 0.375 e. The molecule has 0 bridgehead atoms. The summed E-state index contributed by atoms with van der Waals surface area (Å²) >= 11 is 5.70. The number of carbonyl (C=O) groups is 2. The fourth-order valence-corrected chi connectivity index (χ4v) is 1.26. The molecule has 16 heavy (non-hydrogen) atoms. The maximum atomic E-state index is 11.2. The molecule has 5 nitrogen and oxygen atoms in total. The SMILES string of the molecule is NC(=O)OC(=O)[C@@H](N)Cc1ccc(Cl)cc1. The van der Waals surface area contributed by atoms with Crippen LogP contribution in [0, 0.1) is 0 Å². The number of rotatable bonds is 3. The Morgan fingerprint density at radius 1 is 1.31 bits per heavy atom. The van der Waals surface area contributed by atoms with Crippen molar-refractivity contribution in [3.05, 3.63) is 34.9 Å². The summed E-state index contributed by atoms with van der Waals surface area (Å²) in [5.74, 6) is -0.845. The van der Waals surface area contributed by atoms with Gasteiger partial charge in [-0.05, 0) is 24.1 Å². The average Bonchev–Trinajstić information content (AvgIpc) is 2.20. The Balaban J connectivity index is 2.57. The number of primary amides is 1. The van der Waals surface area contributed by atoms with Gasteiger partial charge in [-0.15, -0.1) is 0 Å². The predicted octanol–water partition coefficient (Wildman–Crippen LogP) is 0.832. The van der Waals surface area contributed by atoms with Gasteiger partial charge in [-0.2, -0.15) is 0 Å². The van der Waals surface area contributed by atoms with Crippen molar-refractivity contribution < 1.29 is 14.3 Å². The number of amides is 1. The molecule has 4 N–H and O–H groups in total. The third-order valence-corrected chi connectivity index (χ3v) is 2.12. The molecule has 1 aromatic carbocycles. The average molecular weight is 243 g/mol. The molecule has 0 saturated carbocycles. The summed E-state index contributed by atoms with van der Waals surface area (Å²) < 4.78 is 4.16. The zero-order chi connectivity index (χ0) is 12.1. The van der Waals surface area contributed by atoms with Crippen molar-refractivity contribution in [2.45, 2.75) is 12.5 Å². The normalized spacial score (nSPS) is 11.9. The molecule has 1 aromatic rings. The lowest BCUT2D eigenvalue weighted by Crippen LogP contribution is -2.36. The molecule has 0 saturated heterocycles. The molecule has 1 rings (SSSR count). The predicted molar refractivity (Wildman–Crippen MR) is 58.8 cm³/mol. The van der Waals surface area contributed by atoms with Crippen LogP contribution < -0.4 is 11.5 Å². The van der Waals surface area contributed by atoms with Crippen LogP contribution in [0.3, 0.4) is 0 Å². The van der Waals surface area contributed by atoms with Crippen molar-refractivity contribution in [3.8, 4) is 0 Å². The number of hydrogen-bond acceptors (Lipinski definition) is 4. The Morgan fingerprint density at radius 3 is 2.38 bits per heavy atom. The second-order valence-electron chi connectivity index (χ2n) is 3.18. The molecule has 0 heterocycles. The van der Waals surface area contributed by atoms with E-state index < -0.39 is 18.1 Å². The van der Waals surface area contributed by atoms with E-state index >= 15 is 0 Å². The van der Waals surface area contributed by atoms with Crippen molar-refractivity contribution >= 4 is 23.7 Å². The lowest BCUT2D eigenvalue weighted by atomic mass is 10.1. The topological polar surface area (TPSA) is 95.4 Å². The Labute approximate surface area is 97.3 Å². The van der Waals surface area contributed by atoms with Gasteiger partial charge in [0.2, 0.25) is 0 Å². The molecular formula is C10H11ClN2O3. The third kappa shape index (κ3) is 3.88. The van der Waals surface area contributed by atoms with E-state index in [2.05, 4.69) is 10.5 Å². The van der Waals surface area contributed by atoms with Crippen LogP contribution in [0.2, 0.25) is 5.02 Å². The highest BCUT2D eigenvalue weighted by molar-refractivity contribution is 6.30. The summed E-state index contributed by atoms with van der Waals surface area (Å²) in [7, 11) is 0. The van der Waals surface area contributed by atoms with Crippen LogP contribution in [-0.2, 0) is 16.0 Å². The standard InChI is InChI=1S/C10H11ClN2O3/c11-7-3-1-6(2-4-7)5-8(12)9(14)16-10(13)15/h1-4,8H,5,12H2,(H2,13,15)/t8-/m0/s1. The molecule has 6 heteroatoms. The molecule has 0 aliphatic rings. The number of halogens is 1. The van der Waals surface area contributed by atoms with Crippen LogP contribution in [0.15, 0.2) is 24.3 Å². The lowest BCUT2D eigenvalue weighted by molar-refractivity contribution is -0.138. The highest BCUT2D eigenvalue weighted by Crippen LogP contribution is 2.10. The zero-order valence-corrected chi connectivity index (χ0v) is 9.11. The van der Waals surface area contributed by atoms with Crippen LogP contribution in [0.5, 0.6) is 0 Å². The van der Waals surface area contributed by atoms with Crippen LogP contribution >= 0.6 is 11.6 Å². The molecule has 0 aromatic heterocycles. The van der Waals surface area contributed by atoms with E-state index in [9.17, 15) is 9.59 Å². The number of nitrogens with two attached hydrogens (primary N) is 2. The summed E-state index contributed by atoms with van der Waals surface area (Å²) in [6.45, 7) is 0. The van der Waals surface area contributed by atoms with E-state index in [-0.39, 0.29) is 6.42 Å². The van der Waals surface area contributed by atoms with Crippen LogP contribution in [0.4, 0.5) is 4.79 Å². The van der Waals surface area contributed by atoms with Crippen LogP contribution in [0.25, 0.3) is 0 Å². The molecular weight excluding hydrogens is 232 g/mol. The van der Waals surface area contributed by atoms with Crippen molar-refractivity contribution in [2.24, 2.45) is 11.5 Å². The Kier molecular flexibility index (Phi) is 4.28. The van der Waals surface area contributed by atoms with Gasteiger partial charge in [-0.1, -0.05) is 23.7 Å². The van der Waals surface area contributed by atoms with Gasteiger partial charge in [0, 0.05) is 5.02 Å². The van der Waals surface area contributed by atoms with Gasteiger partial charge in [-0.3, -0.25) is 0 Å². The van der Waals surface area contributed by atoms with Gasteiger partial charge < -0.3 is 16.2 Å². The third-order valence-electron chi connectivity index (χ3n) is 1.87. The van der Waals surface area contributed by atoms with Crippen molar-refractivity contribution in [2.75, 3.05) is 0 Å². The van der Waals surface area contributed by atoms with Crippen molar-refractivity contribution in [1.29, 1.82) is 0 Å². The second kappa shape index (κ2) is 5.48. The first-order chi connectivity index (χ1) is 7.49. The minimum absolute atomic E-state index is 0.253. The summed E-state index contributed by atoms with van der Waals surface area (Å²) in [6.07, 6.45) is -0.903. The number of esters is 1. The van der Waals surface area contributed by atoms with E-state index in [1.165, 1.54) is 0 Å². The van der Waals surface area contributed by atoms with Gasteiger partial charge in [0.1, 0.15) is 6.04 Å². The van der Waals surface area contributed by atoms with Gasteiger partial charge in [0.15, 0.2) is 0 Å². The molecule has 0 spiro atoms. The second-order valence-corrected chi connectivity index (χ2v) is 3.61. The maximum absolute atomic E-state index is 11.2.